The van der Waals surface area contributed by atoms with E-state index in [4.69, 9.17) is 9.26 Å². The minimum Gasteiger partial charge on any atom is -0.488 e. The number of piperidine rings is 1. The summed E-state index contributed by atoms with van der Waals surface area (Å²) in [6, 6.07) is 12.0. The molecule has 0 bridgehead atoms. The molecule has 4 rings (SSSR count). The summed E-state index contributed by atoms with van der Waals surface area (Å²) < 4.78 is 11.4. The molecule has 1 aromatic heterocycles. The molecule has 1 aliphatic rings. The van der Waals surface area contributed by atoms with Gasteiger partial charge in [-0.2, -0.15) is 0 Å². The highest BCUT2D eigenvalue weighted by atomic mass is 16.5. The van der Waals surface area contributed by atoms with E-state index in [0.29, 0.717) is 23.8 Å². The van der Waals surface area contributed by atoms with Crippen molar-refractivity contribution < 1.29 is 14.1 Å². The van der Waals surface area contributed by atoms with Crippen molar-refractivity contribution in [3.8, 4) is 5.75 Å². The summed E-state index contributed by atoms with van der Waals surface area (Å²) in [5.74, 6) is 2.08. The number of hydrogen-bond acceptors (Lipinski definition) is 4. The van der Waals surface area contributed by atoms with E-state index in [0.717, 1.165) is 53.7 Å². The Bertz CT molecular complexity index is 981. The summed E-state index contributed by atoms with van der Waals surface area (Å²) in [4.78, 5) is 15.2. The van der Waals surface area contributed by atoms with Crippen molar-refractivity contribution in [2.24, 2.45) is 5.92 Å². The number of likely N-dealkylation sites (tertiary alicyclic amines) is 1. The first-order valence-electron chi connectivity index (χ1n) is 9.89. The zero-order valence-electron chi connectivity index (χ0n) is 16.7. The standard InChI is InChI=1S/C23H26N2O3/c1-15-8-10-25(11-9-15)23(26)20-12-18-6-4-5-7-19(18)13-22(20)27-14-21-16(2)24-28-17(21)3/h4-7,12-13,15H,8-11,14H2,1-3H3. The van der Waals surface area contributed by atoms with E-state index >= 15 is 0 Å². The van der Waals surface area contributed by atoms with Crippen LogP contribution in [0.3, 0.4) is 0 Å². The Morgan fingerprint density at radius 3 is 2.50 bits per heavy atom. The van der Waals surface area contributed by atoms with Crippen LogP contribution in [0, 0.1) is 19.8 Å². The minimum absolute atomic E-state index is 0.0476. The normalized spacial score (nSPS) is 15.2. The van der Waals surface area contributed by atoms with Gasteiger partial charge in [-0.05, 0) is 55.5 Å². The smallest absolute Gasteiger partial charge is 0.257 e. The number of aromatic nitrogens is 1. The van der Waals surface area contributed by atoms with Gasteiger partial charge < -0.3 is 14.2 Å². The molecule has 1 saturated heterocycles. The van der Waals surface area contributed by atoms with Crippen molar-refractivity contribution in [2.45, 2.75) is 40.2 Å². The topological polar surface area (TPSA) is 55.6 Å². The van der Waals surface area contributed by atoms with E-state index in [1.54, 1.807) is 0 Å². The predicted octanol–water partition coefficient (Wildman–Crippen LogP) is 4.90. The number of rotatable bonds is 4. The molecule has 0 aliphatic carbocycles. The van der Waals surface area contributed by atoms with E-state index in [2.05, 4.69) is 12.1 Å². The van der Waals surface area contributed by atoms with Crippen LogP contribution in [0.1, 0.15) is 47.1 Å². The average molecular weight is 378 g/mol. The Labute approximate surface area is 165 Å². The highest BCUT2D eigenvalue weighted by Crippen LogP contribution is 2.30. The van der Waals surface area contributed by atoms with Crippen molar-refractivity contribution in [2.75, 3.05) is 13.1 Å². The van der Waals surface area contributed by atoms with Crippen LogP contribution in [0.15, 0.2) is 40.9 Å². The van der Waals surface area contributed by atoms with Crippen molar-refractivity contribution in [1.82, 2.24) is 10.1 Å². The first-order chi connectivity index (χ1) is 13.5. The number of fused-ring (bicyclic) bond motifs is 1. The van der Waals surface area contributed by atoms with Gasteiger partial charge in [0.2, 0.25) is 0 Å². The average Bonchev–Trinajstić information content (AvgIpc) is 3.03. The first kappa shape index (κ1) is 18.5. The maximum absolute atomic E-state index is 13.3. The Kier molecular flexibility index (Phi) is 5.07. The molecule has 1 aliphatic heterocycles. The van der Waals surface area contributed by atoms with E-state index in [1.807, 2.05) is 55.1 Å². The van der Waals surface area contributed by atoms with Gasteiger partial charge in [0.05, 0.1) is 16.8 Å². The molecule has 0 unspecified atom stereocenters. The van der Waals surface area contributed by atoms with Crippen LogP contribution in [0.4, 0.5) is 0 Å². The summed E-state index contributed by atoms with van der Waals surface area (Å²) in [5, 5.41) is 6.08. The molecule has 0 saturated carbocycles. The van der Waals surface area contributed by atoms with Crippen LogP contribution >= 0.6 is 0 Å². The van der Waals surface area contributed by atoms with Crippen LogP contribution < -0.4 is 4.74 Å². The zero-order chi connectivity index (χ0) is 19.7. The Morgan fingerprint density at radius 2 is 1.86 bits per heavy atom. The van der Waals surface area contributed by atoms with Gasteiger partial charge in [-0.25, -0.2) is 0 Å². The van der Waals surface area contributed by atoms with Gasteiger partial charge in [-0.3, -0.25) is 4.79 Å². The zero-order valence-corrected chi connectivity index (χ0v) is 16.7. The number of amides is 1. The molecular formula is C23H26N2O3. The SMILES string of the molecule is Cc1noc(C)c1COc1cc2ccccc2cc1C(=O)N1CCC(C)CC1. The van der Waals surface area contributed by atoms with Crippen molar-refractivity contribution in [3.63, 3.8) is 0 Å². The second kappa shape index (κ2) is 7.66. The fraction of sp³-hybridized carbons (Fsp3) is 0.391. The third-order valence-electron chi connectivity index (χ3n) is 5.70. The quantitative estimate of drug-likeness (QED) is 0.648. The van der Waals surface area contributed by atoms with Crippen LogP contribution in [0.2, 0.25) is 0 Å². The third-order valence-corrected chi connectivity index (χ3v) is 5.70. The molecule has 0 N–H and O–H groups in total. The van der Waals surface area contributed by atoms with E-state index < -0.39 is 0 Å². The lowest BCUT2D eigenvalue weighted by molar-refractivity contribution is 0.0692. The summed E-state index contributed by atoms with van der Waals surface area (Å²) in [7, 11) is 0. The third kappa shape index (κ3) is 3.61. The molecule has 0 atom stereocenters. The van der Waals surface area contributed by atoms with Crippen LogP contribution in [-0.4, -0.2) is 29.1 Å². The highest BCUT2D eigenvalue weighted by molar-refractivity contribution is 6.01. The number of carbonyl (C=O) groups excluding carboxylic acids is 1. The molecule has 5 nitrogen and oxygen atoms in total. The number of nitrogens with zero attached hydrogens (tertiary/aromatic N) is 2. The molecule has 2 aromatic carbocycles. The summed E-state index contributed by atoms with van der Waals surface area (Å²) in [5.41, 5.74) is 2.37. The Balaban J connectivity index is 1.67. The molecule has 0 spiro atoms. The lowest BCUT2D eigenvalue weighted by atomic mass is 9.98. The summed E-state index contributed by atoms with van der Waals surface area (Å²) in [6.07, 6.45) is 2.10. The number of aryl methyl sites for hydroxylation is 2. The number of ether oxygens (including phenoxy) is 1. The molecule has 2 heterocycles. The van der Waals surface area contributed by atoms with Crippen molar-refractivity contribution in [1.29, 1.82) is 0 Å². The van der Waals surface area contributed by atoms with Gasteiger partial charge >= 0.3 is 0 Å². The second-order valence-corrected chi connectivity index (χ2v) is 7.76. The summed E-state index contributed by atoms with van der Waals surface area (Å²) >= 11 is 0. The first-order valence-corrected chi connectivity index (χ1v) is 9.89. The molecule has 1 amide bonds. The fourth-order valence-electron chi connectivity index (χ4n) is 3.75. The molecule has 0 radical (unpaired) electrons. The summed E-state index contributed by atoms with van der Waals surface area (Å²) in [6.45, 7) is 7.95. The van der Waals surface area contributed by atoms with Gasteiger partial charge in [0.25, 0.3) is 5.91 Å². The molecule has 146 valence electrons. The van der Waals surface area contributed by atoms with E-state index in [1.165, 1.54) is 0 Å². The monoisotopic (exact) mass is 378 g/mol. The van der Waals surface area contributed by atoms with Gasteiger partial charge in [0.1, 0.15) is 18.1 Å². The van der Waals surface area contributed by atoms with Crippen LogP contribution in [0.25, 0.3) is 10.8 Å². The maximum atomic E-state index is 13.3. The largest absolute Gasteiger partial charge is 0.488 e. The van der Waals surface area contributed by atoms with Crippen LogP contribution in [0.5, 0.6) is 5.75 Å². The molecule has 3 aromatic rings. The van der Waals surface area contributed by atoms with E-state index in [9.17, 15) is 4.79 Å². The van der Waals surface area contributed by atoms with Crippen molar-refractivity contribution in [3.05, 3.63) is 59.0 Å². The van der Waals surface area contributed by atoms with Crippen molar-refractivity contribution >= 4 is 16.7 Å². The molecule has 1 fully saturated rings. The Hall–Kier alpha value is -2.82. The maximum Gasteiger partial charge on any atom is 0.257 e. The lowest BCUT2D eigenvalue weighted by Crippen LogP contribution is -2.38. The van der Waals surface area contributed by atoms with Gasteiger partial charge in [0.15, 0.2) is 0 Å². The number of benzene rings is 2. The van der Waals surface area contributed by atoms with Crippen LogP contribution in [-0.2, 0) is 6.61 Å². The minimum atomic E-state index is 0.0476. The highest BCUT2D eigenvalue weighted by Gasteiger charge is 2.24. The van der Waals surface area contributed by atoms with Gasteiger partial charge in [-0.1, -0.05) is 36.3 Å². The second-order valence-electron chi connectivity index (χ2n) is 7.76. The number of carbonyl (C=O) groups is 1. The molecular weight excluding hydrogens is 352 g/mol. The lowest BCUT2D eigenvalue weighted by Gasteiger charge is -2.30. The van der Waals surface area contributed by atoms with E-state index in [-0.39, 0.29) is 5.91 Å². The predicted molar refractivity (Wildman–Crippen MR) is 109 cm³/mol. The van der Waals surface area contributed by atoms with Gasteiger partial charge in [-0.15, -0.1) is 0 Å². The molecule has 28 heavy (non-hydrogen) atoms. The Morgan fingerprint density at radius 1 is 1.18 bits per heavy atom. The number of hydrogen-bond donors (Lipinski definition) is 0. The van der Waals surface area contributed by atoms with Gasteiger partial charge in [0, 0.05) is 13.1 Å². The fourth-order valence-corrected chi connectivity index (χ4v) is 3.75. The molecule has 5 heteroatoms.